The summed E-state index contributed by atoms with van der Waals surface area (Å²) in [5.41, 5.74) is 10.3. The summed E-state index contributed by atoms with van der Waals surface area (Å²) in [6, 6.07) is 10.1. The Balaban J connectivity index is 1.84. The Kier molecular flexibility index (Phi) is 10.1. The zero-order valence-electron chi connectivity index (χ0n) is 20.3. The third kappa shape index (κ3) is 7.42. The first-order chi connectivity index (χ1) is 17.3. The Morgan fingerprint density at radius 1 is 1.22 bits per heavy atom. The number of rotatable bonds is 10. The van der Waals surface area contributed by atoms with Crippen molar-refractivity contribution in [2.75, 3.05) is 26.3 Å². The Morgan fingerprint density at radius 2 is 1.89 bits per heavy atom. The van der Waals surface area contributed by atoms with Crippen molar-refractivity contribution in [1.29, 1.82) is 0 Å². The van der Waals surface area contributed by atoms with E-state index in [-0.39, 0.29) is 19.0 Å². The van der Waals surface area contributed by atoms with Crippen molar-refractivity contribution in [3.63, 3.8) is 0 Å². The predicted molar refractivity (Wildman–Crippen MR) is 128 cm³/mol. The smallest absolute Gasteiger partial charge is 0.427 e. The molecule has 0 aliphatic carbocycles. The van der Waals surface area contributed by atoms with Gasteiger partial charge in [-0.3, -0.25) is 4.90 Å². The molecule has 2 aromatic carbocycles. The second-order valence-corrected chi connectivity index (χ2v) is 8.27. The molecule has 1 fully saturated rings. The van der Waals surface area contributed by atoms with Crippen LogP contribution in [0.5, 0.6) is 0 Å². The molecule has 1 amide bonds. The van der Waals surface area contributed by atoms with E-state index in [4.69, 9.17) is 19.9 Å². The first-order valence-electron chi connectivity index (χ1n) is 11.6. The third-order valence-electron chi connectivity index (χ3n) is 5.65. The minimum atomic E-state index is -0.812. The number of halogens is 3. The molecule has 2 aromatic rings. The van der Waals surface area contributed by atoms with Gasteiger partial charge in [-0.2, -0.15) is 5.10 Å². The Hall–Kier alpha value is -3.15. The molecule has 0 bridgehead atoms. The molecule has 1 saturated heterocycles. The van der Waals surface area contributed by atoms with E-state index in [2.05, 4.69) is 10.5 Å². The fourth-order valence-electron chi connectivity index (χ4n) is 3.99. The topological polar surface area (TPSA) is 98.4 Å². The first-order valence-corrected chi connectivity index (χ1v) is 11.6. The van der Waals surface area contributed by atoms with Crippen LogP contribution in [0, 0.1) is 5.82 Å². The molecule has 1 aliphatic rings. The fourth-order valence-corrected chi connectivity index (χ4v) is 3.99. The maximum Gasteiger partial charge on any atom is 0.427 e. The van der Waals surface area contributed by atoms with E-state index in [0.717, 1.165) is 0 Å². The standard InChI is InChI=1S/C25H31F3N4O4/c1-3-34-25(33)31-30-22(29)15-32-8-9-35-24(23(32)19-4-6-21(28)7-5-19)36-16(2)20-11-17(13-26)10-18(12-20)14-27/h4-7,10-12,16,23-24H,3,8-9,13-15H2,1-2H3,(H2,29,30)(H,31,33)/t16-,23+,24-/m1/s1. The van der Waals surface area contributed by atoms with E-state index in [1.54, 1.807) is 38.1 Å². The van der Waals surface area contributed by atoms with Gasteiger partial charge < -0.3 is 19.9 Å². The number of morpholine rings is 1. The summed E-state index contributed by atoms with van der Waals surface area (Å²) in [5, 5.41) is 3.87. The summed E-state index contributed by atoms with van der Waals surface area (Å²) in [4.78, 5) is 13.5. The summed E-state index contributed by atoms with van der Waals surface area (Å²) < 4.78 is 57.2. The van der Waals surface area contributed by atoms with Crippen molar-refractivity contribution in [2.24, 2.45) is 10.8 Å². The maximum absolute atomic E-state index is 13.6. The van der Waals surface area contributed by atoms with Crippen LogP contribution >= 0.6 is 0 Å². The summed E-state index contributed by atoms with van der Waals surface area (Å²) in [6.45, 7) is 3.08. The number of amidine groups is 1. The van der Waals surface area contributed by atoms with Crippen molar-refractivity contribution in [2.45, 2.75) is 45.6 Å². The number of alkyl halides is 2. The van der Waals surface area contributed by atoms with Crippen LogP contribution in [0.1, 0.15) is 48.2 Å². The number of hydrogen-bond acceptors (Lipinski definition) is 6. The van der Waals surface area contributed by atoms with E-state index in [1.165, 1.54) is 18.2 Å². The number of hydrazone groups is 1. The first kappa shape index (κ1) is 27.4. The van der Waals surface area contributed by atoms with Gasteiger partial charge in [0.05, 0.1) is 31.9 Å². The quantitative estimate of drug-likeness (QED) is 0.283. The zero-order chi connectivity index (χ0) is 26.1. The van der Waals surface area contributed by atoms with Crippen LogP contribution in [0.2, 0.25) is 0 Å². The summed E-state index contributed by atoms with van der Waals surface area (Å²) in [7, 11) is 0. The molecular weight excluding hydrogens is 477 g/mol. The molecule has 11 heteroatoms. The molecule has 1 aliphatic heterocycles. The van der Waals surface area contributed by atoms with Gasteiger partial charge in [0.15, 0.2) is 6.29 Å². The maximum atomic E-state index is 13.6. The number of benzene rings is 2. The van der Waals surface area contributed by atoms with Gasteiger partial charge >= 0.3 is 6.09 Å². The molecule has 3 N–H and O–H groups in total. The van der Waals surface area contributed by atoms with Crippen LogP contribution < -0.4 is 11.2 Å². The van der Waals surface area contributed by atoms with Gasteiger partial charge in [0.1, 0.15) is 25.0 Å². The molecule has 3 atom stereocenters. The van der Waals surface area contributed by atoms with E-state index < -0.39 is 43.7 Å². The van der Waals surface area contributed by atoms with Gasteiger partial charge in [0.25, 0.3) is 0 Å². The van der Waals surface area contributed by atoms with Gasteiger partial charge in [-0.25, -0.2) is 23.4 Å². The second-order valence-electron chi connectivity index (χ2n) is 8.27. The van der Waals surface area contributed by atoms with Crippen LogP contribution in [-0.4, -0.2) is 49.4 Å². The second kappa shape index (κ2) is 13.2. The Morgan fingerprint density at radius 3 is 2.50 bits per heavy atom. The minimum absolute atomic E-state index is 0.118. The van der Waals surface area contributed by atoms with Gasteiger partial charge in [0.2, 0.25) is 0 Å². The predicted octanol–water partition coefficient (Wildman–Crippen LogP) is 4.26. The number of nitrogens with zero attached hydrogens (tertiary/aromatic N) is 2. The molecule has 0 saturated carbocycles. The molecule has 0 aromatic heterocycles. The van der Waals surface area contributed by atoms with Crippen LogP contribution in [0.4, 0.5) is 18.0 Å². The lowest BCUT2D eigenvalue weighted by atomic mass is 10.0. The molecule has 0 unspecified atom stereocenters. The Labute approximate surface area is 208 Å². The Bertz CT molecular complexity index is 1020. The largest absolute Gasteiger partial charge is 0.449 e. The molecule has 1 heterocycles. The van der Waals surface area contributed by atoms with Crippen LogP contribution in [-0.2, 0) is 27.6 Å². The van der Waals surface area contributed by atoms with Crippen molar-refractivity contribution in [3.8, 4) is 0 Å². The molecular formula is C25H31F3N4O4. The van der Waals surface area contributed by atoms with Gasteiger partial charge in [0, 0.05) is 6.54 Å². The van der Waals surface area contributed by atoms with Crippen LogP contribution in [0.15, 0.2) is 47.6 Å². The highest BCUT2D eigenvalue weighted by molar-refractivity contribution is 5.83. The summed E-state index contributed by atoms with van der Waals surface area (Å²) in [5.74, 6) is -0.276. The van der Waals surface area contributed by atoms with E-state index >= 15 is 0 Å². The van der Waals surface area contributed by atoms with Crippen molar-refractivity contribution < 1.29 is 32.2 Å². The normalized spacial score (nSPS) is 19.6. The average Bonchev–Trinajstić information content (AvgIpc) is 2.88. The molecule has 3 rings (SSSR count). The number of ether oxygens (including phenoxy) is 3. The SMILES string of the molecule is CCOC(=O)N/N=C(\N)CN1CCO[C@H](O[C@H](C)c2cc(CF)cc(CF)c2)[C@@H]1c1ccc(F)cc1. The van der Waals surface area contributed by atoms with Crippen molar-refractivity contribution in [3.05, 3.63) is 70.5 Å². The number of nitrogens with two attached hydrogens (primary N) is 1. The number of carbonyl (C=O) groups is 1. The van der Waals surface area contributed by atoms with Gasteiger partial charge in [-0.1, -0.05) is 30.3 Å². The highest BCUT2D eigenvalue weighted by atomic mass is 19.1. The summed E-state index contributed by atoms with van der Waals surface area (Å²) >= 11 is 0. The lowest BCUT2D eigenvalue weighted by Gasteiger charge is -2.41. The van der Waals surface area contributed by atoms with E-state index in [9.17, 15) is 18.0 Å². The van der Waals surface area contributed by atoms with Crippen molar-refractivity contribution >= 4 is 11.9 Å². The van der Waals surface area contributed by atoms with Crippen molar-refractivity contribution in [1.82, 2.24) is 10.3 Å². The fraction of sp³-hybridized carbons (Fsp3) is 0.440. The highest BCUT2D eigenvalue weighted by Gasteiger charge is 2.36. The number of carbonyl (C=O) groups excluding carboxylic acids is 1. The lowest BCUT2D eigenvalue weighted by molar-refractivity contribution is -0.227. The number of hydrogen-bond donors (Lipinski definition) is 2. The average molecular weight is 509 g/mol. The third-order valence-corrected chi connectivity index (χ3v) is 5.65. The monoisotopic (exact) mass is 508 g/mol. The van der Waals surface area contributed by atoms with Gasteiger partial charge in [-0.15, -0.1) is 0 Å². The highest BCUT2D eigenvalue weighted by Crippen LogP contribution is 2.34. The van der Waals surface area contributed by atoms with E-state index in [1.807, 2.05) is 4.90 Å². The van der Waals surface area contributed by atoms with Gasteiger partial charge in [-0.05, 0) is 48.2 Å². The zero-order valence-corrected chi connectivity index (χ0v) is 20.3. The van der Waals surface area contributed by atoms with E-state index in [0.29, 0.717) is 35.4 Å². The molecule has 8 nitrogen and oxygen atoms in total. The molecule has 0 radical (unpaired) electrons. The summed E-state index contributed by atoms with van der Waals surface area (Å²) in [6.07, 6.45) is -2.10. The van der Waals surface area contributed by atoms with Crippen LogP contribution in [0.3, 0.4) is 0 Å². The number of amides is 1. The molecule has 196 valence electrons. The van der Waals surface area contributed by atoms with Crippen LogP contribution in [0.25, 0.3) is 0 Å². The minimum Gasteiger partial charge on any atom is -0.449 e. The molecule has 36 heavy (non-hydrogen) atoms. The lowest BCUT2D eigenvalue weighted by Crippen LogP contribution is -2.49. The molecule has 0 spiro atoms. The number of nitrogens with one attached hydrogen (secondary N) is 1.